The molecule has 9 heteroatoms. The molecule has 0 aliphatic heterocycles. The van der Waals surface area contributed by atoms with E-state index in [1.165, 1.54) is 23.5 Å². The van der Waals surface area contributed by atoms with Crippen LogP contribution in [0.15, 0.2) is 71.4 Å². The Bertz CT molecular complexity index is 1240. The SMILES string of the molecule is Cc1cc(Oc2ccc(NC(=O)c3ccsc3)cc2)nc(-c2cccc([N+](=O)[O-])c2)n1. The maximum atomic E-state index is 12.1. The number of ether oxygens (including phenoxy) is 1. The Balaban J connectivity index is 1.51. The molecule has 8 nitrogen and oxygen atoms in total. The van der Waals surface area contributed by atoms with Gasteiger partial charge in [-0.3, -0.25) is 14.9 Å². The zero-order chi connectivity index (χ0) is 21.8. The molecular formula is C22H16N4O4S. The molecule has 0 saturated carbocycles. The van der Waals surface area contributed by atoms with E-state index in [0.717, 1.165) is 0 Å². The maximum Gasteiger partial charge on any atom is 0.270 e. The number of hydrogen-bond donors (Lipinski definition) is 1. The summed E-state index contributed by atoms with van der Waals surface area (Å²) in [6.45, 7) is 1.79. The number of thiophene rings is 1. The highest BCUT2D eigenvalue weighted by Crippen LogP contribution is 2.26. The van der Waals surface area contributed by atoms with Gasteiger partial charge in [0.15, 0.2) is 5.82 Å². The molecule has 4 rings (SSSR count). The number of nitro groups is 1. The first-order valence-electron chi connectivity index (χ1n) is 9.20. The molecule has 0 aliphatic carbocycles. The van der Waals surface area contributed by atoms with Gasteiger partial charge in [-0.15, -0.1) is 0 Å². The number of rotatable bonds is 6. The fraction of sp³-hybridized carbons (Fsp3) is 0.0455. The van der Waals surface area contributed by atoms with E-state index in [-0.39, 0.29) is 11.6 Å². The molecule has 4 aromatic rings. The van der Waals surface area contributed by atoms with Gasteiger partial charge in [-0.1, -0.05) is 12.1 Å². The summed E-state index contributed by atoms with van der Waals surface area (Å²) < 4.78 is 5.84. The molecule has 1 amide bonds. The molecule has 2 heterocycles. The molecular weight excluding hydrogens is 416 g/mol. The number of carbonyl (C=O) groups excluding carboxylic acids is 1. The topological polar surface area (TPSA) is 107 Å². The van der Waals surface area contributed by atoms with Gasteiger partial charge in [-0.25, -0.2) is 4.98 Å². The number of aryl methyl sites for hydroxylation is 1. The molecule has 0 saturated heterocycles. The van der Waals surface area contributed by atoms with Crippen molar-refractivity contribution in [3.05, 3.63) is 92.8 Å². The fourth-order valence-corrected chi connectivity index (χ4v) is 3.44. The van der Waals surface area contributed by atoms with Crippen molar-refractivity contribution in [2.45, 2.75) is 6.92 Å². The minimum atomic E-state index is -0.463. The average Bonchev–Trinajstić information content (AvgIpc) is 3.30. The smallest absolute Gasteiger partial charge is 0.270 e. The summed E-state index contributed by atoms with van der Waals surface area (Å²) in [7, 11) is 0. The molecule has 0 atom stereocenters. The number of benzene rings is 2. The summed E-state index contributed by atoms with van der Waals surface area (Å²) in [5.74, 6) is 0.988. The van der Waals surface area contributed by atoms with Crippen molar-refractivity contribution in [1.29, 1.82) is 0 Å². The summed E-state index contributed by atoms with van der Waals surface area (Å²) >= 11 is 1.46. The van der Waals surface area contributed by atoms with E-state index < -0.39 is 4.92 Å². The number of aromatic nitrogens is 2. The second-order valence-electron chi connectivity index (χ2n) is 6.57. The highest BCUT2D eigenvalue weighted by Gasteiger charge is 2.12. The van der Waals surface area contributed by atoms with Gasteiger partial charge >= 0.3 is 0 Å². The van der Waals surface area contributed by atoms with Gasteiger partial charge in [0.2, 0.25) is 5.88 Å². The van der Waals surface area contributed by atoms with Crippen LogP contribution in [-0.2, 0) is 0 Å². The third kappa shape index (κ3) is 4.90. The number of nitro benzene ring substituents is 1. The van der Waals surface area contributed by atoms with E-state index in [2.05, 4.69) is 15.3 Å². The van der Waals surface area contributed by atoms with Crippen LogP contribution < -0.4 is 10.1 Å². The van der Waals surface area contributed by atoms with Crippen molar-refractivity contribution in [2.24, 2.45) is 0 Å². The van der Waals surface area contributed by atoms with Crippen LogP contribution in [0.5, 0.6) is 11.6 Å². The third-order valence-electron chi connectivity index (χ3n) is 4.26. The Morgan fingerprint density at radius 3 is 2.61 bits per heavy atom. The lowest BCUT2D eigenvalue weighted by atomic mass is 10.2. The molecule has 0 unspecified atom stereocenters. The minimum Gasteiger partial charge on any atom is -0.439 e. The largest absolute Gasteiger partial charge is 0.439 e. The van der Waals surface area contributed by atoms with Crippen molar-refractivity contribution in [3.8, 4) is 23.0 Å². The fourth-order valence-electron chi connectivity index (χ4n) is 2.80. The number of carbonyl (C=O) groups is 1. The molecule has 0 bridgehead atoms. The molecule has 0 aliphatic rings. The lowest BCUT2D eigenvalue weighted by molar-refractivity contribution is -0.384. The van der Waals surface area contributed by atoms with E-state index in [0.29, 0.717) is 40.0 Å². The molecule has 2 aromatic heterocycles. The number of anilines is 1. The zero-order valence-corrected chi connectivity index (χ0v) is 17.1. The van der Waals surface area contributed by atoms with Gasteiger partial charge in [0.05, 0.1) is 10.5 Å². The van der Waals surface area contributed by atoms with Crippen LogP contribution in [0.3, 0.4) is 0 Å². The van der Waals surface area contributed by atoms with Crippen molar-refractivity contribution >= 4 is 28.6 Å². The van der Waals surface area contributed by atoms with Gasteiger partial charge in [-0.2, -0.15) is 16.3 Å². The maximum absolute atomic E-state index is 12.1. The van der Waals surface area contributed by atoms with Gasteiger partial charge in [-0.05, 0) is 42.6 Å². The van der Waals surface area contributed by atoms with Gasteiger partial charge in [0.25, 0.3) is 11.6 Å². The standard InChI is InChI=1S/C22H16N4O4S/c1-14-11-20(25-21(23-14)15-3-2-4-18(12-15)26(28)29)30-19-7-5-17(6-8-19)24-22(27)16-9-10-31-13-16/h2-13H,1H3,(H,24,27). The predicted octanol–water partition coefficient (Wildman–Crippen LogP) is 5.47. The molecule has 0 spiro atoms. The predicted molar refractivity (Wildman–Crippen MR) is 118 cm³/mol. The van der Waals surface area contributed by atoms with E-state index in [9.17, 15) is 14.9 Å². The molecule has 0 fully saturated rings. The van der Waals surface area contributed by atoms with Crippen LogP contribution in [0.25, 0.3) is 11.4 Å². The van der Waals surface area contributed by atoms with Gasteiger partial charge in [0, 0.05) is 40.5 Å². The number of nitrogens with zero attached hydrogens (tertiary/aromatic N) is 3. The number of non-ortho nitro benzene ring substituents is 1. The van der Waals surface area contributed by atoms with Crippen LogP contribution in [0.1, 0.15) is 16.1 Å². The van der Waals surface area contributed by atoms with Crippen LogP contribution in [0, 0.1) is 17.0 Å². The zero-order valence-electron chi connectivity index (χ0n) is 16.3. The Labute approximate surface area is 181 Å². The summed E-state index contributed by atoms with van der Waals surface area (Å²) in [4.78, 5) is 31.4. The summed E-state index contributed by atoms with van der Waals surface area (Å²) in [6, 6.07) is 16.4. The summed E-state index contributed by atoms with van der Waals surface area (Å²) in [5.41, 5.74) is 2.39. The minimum absolute atomic E-state index is 0.0369. The molecule has 154 valence electrons. The van der Waals surface area contributed by atoms with E-state index >= 15 is 0 Å². The quantitative estimate of drug-likeness (QED) is 0.320. The highest BCUT2D eigenvalue weighted by atomic mass is 32.1. The Morgan fingerprint density at radius 1 is 1.10 bits per heavy atom. The Kier molecular flexibility index (Phi) is 5.67. The Hall–Kier alpha value is -4.11. The first-order valence-corrected chi connectivity index (χ1v) is 10.1. The molecule has 2 aromatic carbocycles. The molecule has 1 N–H and O–H groups in total. The number of hydrogen-bond acceptors (Lipinski definition) is 7. The monoisotopic (exact) mass is 432 g/mol. The first-order chi connectivity index (χ1) is 15.0. The highest BCUT2D eigenvalue weighted by molar-refractivity contribution is 7.08. The van der Waals surface area contributed by atoms with Gasteiger partial charge < -0.3 is 10.1 Å². The first kappa shape index (κ1) is 20.2. The average molecular weight is 432 g/mol. The van der Waals surface area contributed by atoms with E-state index in [4.69, 9.17) is 4.74 Å². The van der Waals surface area contributed by atoms with E-state index in [1.54, 1.807) is 60.8 Å². The number of nitrogens with one attached hydrogen (secondary N) is 1. The van der Waals surface area contributed by atoms with Crippen LogP contribution >= 0.6 is 11.3 Å². The van der Waals surface area contributed by atoms with Gasteiger partial charge in [0.1, 0.15) is 5.75 Å². The number of amides is 1. The normalized spacial score (nSPS) is 10.5. The van der Waals surface area contributed by atoms with Crippen molar-refractivity contribution in [3.63, 3.8) is 0 Å². The van der Waals surface area contributed by atoms with Crippen molar-refractivity contribution in [1.82, 2.24) is 9.97 Å². The van der Waals surface area contributed by atoms with Crippen LogP contribution in [0.2, 0.25) is 0 Å². The molecule has 31 heavy (non-hydrogen) atoms. The van der Waals surface area contributed by atoms with E-state index in [1.807, 2.05) is 5.38 Å². The lowest BCUT2D eigenvalue weighted by Crippen LogP contribution is -2.10. The second-order valence-corrected chi connectivity index (χ2v) is 7.35. The van der Waals surface area contributed by atoms with Crippen LogP contribution in [0.4, 0.5) is 11.4 Å². The van der Waals surface area contributed by atoms with Crippen molar-refractivity contribution < 1.29 is 14.5 Å². The summed E-state index contributed by atoms with van der Waals surface area (Å²) in [5, 5.41) is 17.5. The second kappa shape index (κ2) is 8.72. The lowest BCUT2D eigenvalue weighted by Gasteiger charge is -2.09. The summed E-state index contributed by atoms with van der Waals surface area (Å²) in [6.07, 6.45) is 0. The van der Waals surface area contributed by atoms with Crippen molar-refractivity contribution in [2.75, 3.05) is 5.32 Å². The molecule has 0 radical (unpaired) electrons. The third-order valence-corrected chi connectivity index (χ3v) is 4.95. The Morgan fingerprint density at radius 2 is 1.90 bits per heavy atom. The van der Waals surface area contributed by atoms with Crippen LogP contribution in [-0.4, -0.2) is 20.8 Å².